The van der Waals surface area contributed by atoms with E-state index in [0.29, 0.717) is 17.6 Å². The van der Waals surface area contributed by atoms with Crippen LogP contribution >= 0.6 is 0 Å². The standard InChI is InChI=1S/C12H19N5O/c1-9(5-6-13)3-4-11-15-12(16-18-11)10-7-14-17(2)8-10/h7-9H,3-6,13H2,1-2H3. The largest absolute Gasteiger partial charge is 0.339 e. The Balaban J connectivity index is 1.94. The first kappa shape index (κ1) is 12.8. The molecule has 0 amide bonds. The van der Waals surface area contributed by atoms with E-state index in [2.05, 4.69) is 22.2 Å². The summed E-state index contributed by atoms with van der Waals surface area (Å²) < 4.78 is 6.94. The number of hydrogen-bond acceptors (Lipinski definition) is 5. The Bertz CT molecular complexity index is 490. The van der Waals surface area contributed by atoms with Crippen molar-refractivity contribution in [2.45, 2.75) is 26.2 Å². The van der Waals surface area contributed by atoms with Gasteiger partial charge in [0, 0.05) is 19.7 Å². The highest BCUT2D eigenvalue weighted by molar-refractivity contribution is 5.50. The van der Waals surface area contributed by atoms with E-state index in [1.165, 1.54) is 0 Å². The first-order valence-corrected chi connectivity index (χ1v) is 6.20. The van der Waals surface area contributed by atoms with Crippen LogP contribution in [0.4, 0.5) is 0 Å². The van der Waals surface area contributed by atoms with Gasteiger partial charge in [-0.2, -0.15) is 10.1 Å². The van der Waals surface area contributed by atoms with Gasteiger partial charge in [-0.05, 0) is 25.3 Å². The van der Waals surface area contributed by atoms with Crippen molar-refractivity contribution >= 4 is 0 Å². The highest BCUT2D eigenvalue weighted by Crippen LogP contribution is 2.16. The van der Waals surface area contributed by atoms with Crippen LogP contribution in [0.25, 0.3) is 11.4 Å². The molecule has 0 bridgehead atoms. The van der Waals surface area contributed by atoms with Crippen LogP contribution in [0.5, 0.6) is 0 Å². The summed E-state index contributed by atoms with van der Waals surface area (Å²) in [5.74, 6) is 1.87. The van der Waals surface area contributed by atoms with Gasteiger partial charge in [0.25, 0.3) is 0 Å². The summed E-state index contributed by atoms with van der Waals surface area (Å²) in [4.78, 5) is 4.36. The molecule has 6 nitrogen and oxygen atoms in total. The molecule has 1 unspecified atom stereocenters. The van der Waals surface area contributed by atoms with E-state index in [9.17, 15) is 0 Å². The molecule has 1 atom stereocenters. The zero-order valence-electron chi connectivity index (χ0n) is 10.8. The number of aromatic nitrogens is 4. The fraction of sp³-hybridized carbons (Fsp3) is 0.583. The van der Waals surface area contributed by atoms with Crippen LogP contribution in [-0.2, 0) is 13.5 Å². The predicted octanol–water partition coefficient (Wildman–Crippen LogP) is 1.39. The van der Waals surface area contributed by atoms with Crippen molar-refractivity contribution in [3.63, 3.8) is 0 Å². The van der Waals surface area contributed by atoms with Crippen molar-refractivity contribution in [2.75, 3.05) is 6.54 Å². The van der Waals surface area contributed by atoms with Crippen molar-refractivity contribution in [2.24, 2.45) is 18.7 Å². The molecule has 0 aliphatic carbocycles. The van der Waals surface area contributed by atoms with Crippen LogP contribution in [0.1, 0.15) is 25.7 Å². The van der Waals surface area contributed by atoms with E-state index < -0.39 is 0 Å². The van der Waals surface area contributed by atoms with Gasteiger partial charge >= 0.3 is 0 Å². The average molecular weight is 249 g/mol. The van der Waals surface area contributed by atoms with Crippen LogP contribution in [0.2, 0.25) is 0 Å². The minimum Gasteiger partial charge on any atom is -0.339 e. The molecule has 0 aliphatic rings. The van der Waals surface area contributed by atoms with Crippen molar-refractivity contribution in [1.29, 1.82) is 0 Å². The molecule has 0 fully saturated rings. The third-order valence-electron chi connectivity index (χ3n) is 2.94. The molecule has 2 heterocycles. The lowest BCUT2D eigenvalue weighted by Crippen LogP contribution is -2.06. The summed E-state index contributed by atoms with van der Waals surface area (Å²) in [7, 11) is 1.86. The number of nitrogens with two attached hydrogens (primary N) is 1. The molecule has 6 heteroatoms. The molecule has 0 aromatic carbocycles. The average Bonchev–Trinajstić information content (AvgIpc) is 2.95. The smallest absolute Gasteiger partial charge is 0.226 e. The van der Waals surface area contributed by atoms with Gasteiger partial charge in [0.15, 0.2) is 0 Å². The highest BCUT2D eigenvalue weighted by atomic mass is 16.5. The van der Waals surface area contributed by atoms with Gasteiger partial charge in [0.2, 0.25) is 11.7 Å². The fourth-order valence-corrected chi connectivity index (χ4v) is 1.81. The number of rotatable bonds is 6. The Morgan fingerprint density at radius 3 is 2.94 bits per heavy atom. The lowest BCUT2D eigenvalue weighted by molar-refractivity contribution is 0.362. The molecule has 2 aromatic heterocycles. The van der Waals surface area contributed by atoms with Crippen LogP contribution in [0, 0.1) is 5.92 Å². The second-order valence-electron chi connectivity index (χ2n) is 4.64. The minimum absolute atomic E-state index is 0.587. The zero-order chi connectivity index (χ0) is 13.0. The topological polar surface area (TPSA) is 82.8 Å². The lowest BCUT2D eigenvalue weighted by Gasteiger charge is -2.06. The molecule has 2 aromatic rings. The molecule has 0 spiro atoms. The van der Waals surface area contributed by atoms with Crippen molar-refractivity contribution in [1.82, 2.24) is 19.9 Å². The molecule has 2 rings (SSSR count). The van der Waals surface area contributed by atoms with E-state index in [-0.39, 0.29) is 0 Å². The zero-order valence-corrected chi connectivity index (χ0v) is 10.8. The maximum atomic E-state index is 5.52. The molecule has 18 heavy (non-hydrogen) atoms. The van der Waals surface area contributed by atoms with Gasteiger partial charge < -0.3 is 10.3 Å². The highest BCUT2D eigenvalue weighted by Gasteiger charge is 2.11. The molecular weight excluding hydrogens is 230 g/mol. The lowest BCUT2D eigenvalue weighted by atomic mass is 10.0. The van der Waals surface area contributed by atoms with E-state index >= 15 is 0 Å². The molecule has 98 valence electrons. The monoisotopic (exact) mass is 249 g/mol. The van der Waals surface area contributed by atoms with Crippen LogP contribution in [-0.4, -0.2) is 26.5 Å². The molecule has 0 saturated heterocycles. The Hall–Kier alpha value is -1.69. The van der Waals surface area contributed by atoms with E-state index in [1.54, 1.807) is 10.9 Å². The summed E-state index contributed by atoms with van der Waals surface area (Å²) >= 11 is 0. The first-order valence-electron chi connectivity index (χ1n) is 6.20. The van der Waals surface area contributed by atoms with Crippen molar-refractivity contribution in [3.05, 3.63) is 18.3 Å². The minimum atomic E-state index is 0.587. The Kier molecular flexibility index (Phi) is 4.09. The summed E-state index contributed by atoms with van der Waals surface area (Å²) in [5.41, 5.74) is 6.40. The maximum Gasteiger partial charge on any atom is 0.226 e. The normalized spacial score (nSPS) is 12.8. The number of hydrogen-bond donors (Lipinski definition) is 1. The fourth-order valence-electron chi connectivity index (χ4n) is 1.81. The second-order valence-corrected chi connectivity index (χ2v) is 4.64. The SMILES string of the molecule is CC(CCN)CCc1nc(-c2cnn(C)c2)no1. The quantitative estimate of drug-likeness (QED) is 0.836. The Morgan fingerprint density at radius 2 is 2.28 bits per heavy atom. The van der Waals surface area contributed by atoms with E-state index in [1.807, 2.05) is 13.2 Å². The Labute approximate surface area is 106 Å². The summed E-state index contributed by atoms with van der Waals surface area (Å²) in [6, 6.07) is 0. The van der Waals surface area contributed by atoms with Gasteiger partial charge in [-0.15, -0.1) is 0 Å². The molecule has 0 aliphatic heterocycles. The first-order chi connectivity index (χ1) is 8.69. The van der Waals surface area contributed by atoms with Gasteiger partial charge in [0.1, 0.15) is 0 Å². The number of nitrogens with zero attached hydrogens (tertiary/aromatic N) is 4. The molecule has 0 saturated carbocycles. The number of aryl methyl sites for hydroxylation is 2. The second kappa shape index (κ2) is 5.77. The van der Waals surface area contributed by atoms with Crippen LogP contribution in [0.3, 0.4) is 0 Å². The summed E-state index contributed by atoms with van der Waals surface area (Å²) in [5, 5.41) is 8.04. The van der Waals surface area contributed by atoms with E-state index in [0.717, 1.165) is 31.4 Å². The van der Waals surface area contributed by atoms with Crippen molar-refractivity contribution in [3.8, 4) is 11.4 Å². The molecular formula is C12H19N5O. The van der Waals surface area contributed by atoms with Crippen LogP contribution in [0.15, 0.2) is 16.9 Å². The van der Waals surface area contributed by atoms with Crippen molar-refractivity contribution < 1.29 is 4.52 Å². The molecule has 0 radical (unpaired) electrons. The third kappa shape index (κ3) is 3.16. The molecule has 2 N–H and O–H groups in total. The van der Waals surface area contributed by atoms with Crippen LogP contribution < -0.4 is 5.73 Å². The maximum absolute atomic E-state index is 5.52. The summed E-state index contributed by atoms with van der Waals surface area (Å²) in [6.07, 6.45) is 6.45. The van der Waals surface area contributed by atoms with E-state index in [4.69, 9.17) is 10.3 Å². The summed E-state index contributed by atoms with van der Waals surface area (Å²) in [6.45, 7) is 2.91. The predicted molar refractivity (Wildman–Crippen MR) is 67.7 cm³/mol. The van der Waals surface area contributed by atoms with Gasteiger partial charge in [-0.25, -0.2) is 0 Å². The van der Waals surface area contributed by atoms with Gasteiger partial charge in [0.05, 0.1) is 11.8 Å². The van der Waals surface area contributed by atoms with Gasteiger partial charge in [-0.1, -0.05) is 12.1 Å². The third-order valence-corrected chi connectivity index (χ3v) is 2.94. The van der Waals surface area contributed by atoms with Gasteiger partial charge in [-0.3, -0.25) is 4.68 Å². The Morgan fingerprint density at radius 1 is 1.44 bits per heavy atom.